The van der Waals surface area contributed by atoms with Crippen molar-refractivity contribution in [2.45, 2.75) is 25.2 Å². The molecule has 3 unspecified atom stereocenters. The molecule has 0 saturated carbocycles. The van der Waals surface area contributed by atoms with Crippen molar-refractivity contribution in [1.82, 2.24) is 5.32 Å². The number of nitrogens with one attached hydrogen (secondary N) is 1. The minimum atomic E-state index is -1.08. The van der Waals surface area contributed by atoms with Crippen LogP contribution in [0.3, 0.4) is 0 Å². The van der Waals surface area contributed by atoms with Gasteiger partial charge in [-0.2, -0.15) is 0 Å². The molecule has 0 aliphatic carbocycles. The van der Waals surface area contributed by atoms with Crippen molar-refractivity contribution in [3.05, 3.63) is 0 Å². The van der Waals surface area contributed by atoms with Crippen molar-refractivity contribution in [3.63, 3.8) is 0 Å². The second-order valence-corrected chi connectivity index (χ2v) is 4.16. The van der Waals surface area contributed by atoms with Crippen LogP contribution in [-0.4, -0.2) is 51.3 Å². The summed E-state index contributed by atoms with van der Waals surface area (Å²) in [6.07, 6.45) is -1.99. The molecular formula is C8H19IN2O3. The van der Waals surface area contributed by atoms with Crippen LogP contribution < -0.4 is 11.1 Å². The summed E-state index contributed by atoms with van der Waals surface area (Å²) >= 11 is 2.16. The van der Waals surface area contributed by atoms with E-state index in [1.165, 1.54) is 0 Å². The molecule has 0 rings (SSSR count). The van der Waals surface area contributed by atoms with Crippen LogP contribution in [0.25, 0.3) is 0 Å². The van der Waals surface area contributed by atoms with Gasteiger partial charge in [0.1, 0.15) is 0 Å². The Hall–Kier alpha value is 0.530. The van der Waals surface area contributed by atoms with Crippen LogP contribution in [0.2, 0.25) is 0 Å². The van der Waals surface area contributed by atoms with Gasteiger partial charge in [0, 0.05) is 11.1 Å². The minimum absolute atomic E-state index is 0.0997. The fourth-order valence-corrected chi connectivity index (χ4v) is 1.41. The predicted octanol–water partition coefficient (Wildman–Crippen LogP) is -1.35. The Labute approximate surface area is 97.8 Å². The van der Waals surface area contributed by atoms with Crippen LogP contribution in [0.4, 0.5) is 0 Å². The van der Waals surface area contributed by atoms with Gasteiger partial charge < -0.3 is 26.4 Å². The number of rotatable bonds is 7. The Bertz CT molecular complexity index is 151. The molecule has 0 spiro atoms. The summed E-state index contributed by atoms with van der Waals surface area (Å²) in [5, 5.41) is 30.9. The second kappa shape index (κ2) is 7.77. The molecule has 0 aromatic carbocycles. The van der Waals surface area contributed by atoms with Crippen molar-refractivity contribution >= 4 is 22.6 Å². The maximum Gasteiger partial charge on any atom is 0.0975 e. The number of hydrogen-bond acceptors (Lipinski definition) is 5. The molecular weight excluding hydrogens is 299 g/mol. The molecule has 0 bridgehead atoms. The topological polar surface area (TPSA) is 98.7 Å². The number of nitrogens with two attached hydrogens (primary N) is 1. The highest BCUT2D eigenvalue weighted by Crippen LogP contribution is 2.08. The van der Waals surface area contributed by atoms with Gasteiger partial charge in [-0.15, -0.1) is 0 Å². The Morgan fingerprint density at radius 1 is 1.36 bits per heavy atom. The van der Waals surface area contributed by atoms with E-state index < -0.39 is 18.2 Å². The average Bonchev–Trinajstić information content (AvgIpc) is 2.22. The van der Waals surface area contributed by atoms with Gasteiger partial charge in [0.25, 0.3) is 0 Å². The first kappa shape index (κ1) is 14.5. The molecule has 0 aromatic rings. The van der Waals surface area contributed by atoms with Gasteiger partial charge in [-0.05, 0) is 5.92 Å². The van der Waals surface area contributed by atoms with Gasteiger partial charge in [0.05, 0.1) is 24.9 Å². The molecule has 0 aromatic heterocycles. The summed E-state index contributed by atoms with van der Waals surface area (Å²) in [6, 6.07) is -0.785. The van der Waals surface area contributed by atoms with Crippen molar-refractivity contribution in [1.29, 1.82) is 0 Å². The maximum absolute atomic E-state index is 9.63. The van der Waals surface area contributed by atoms with E-state index in [1.807, 2.05) is 6.92 Å². The van der Waals surface area contributed by atoms with E-state index in [-0.39, 0.29) is 12.5 Å². The fourth-order valence-electron chi connectivity index (χ4n) is 1.10. The SMILES string of the molecule is CC(CNCI)C(O)C(O)[C@H](N)CO. The summed E-state index contributed by atoms with van der Waals surface area (Å²) < 4.78 is 0.789. The molecule has 6 N–H and O–H groups in total. The van der Waals surface area contributed by atoms with Gasteiger partial charge >= 0.3 is 0 Å². The molecule has 0 aliphatic heterocycles. The van der Waals surface area contributed by atoms with Gasteiger partial charge in [-0.1, -0.05) is 29.5 Å². The number of aliphatic hydroxyl groups is 3. The molecule has 0 fully saturated rings. The molecule has 0 amide bonds. The highest BCUT2D eigenvalue weighted by Gasteiger charge is 2.27. The summed E-state index contributed by atoms with van der Waals surface area (Å²) in [6.45, 7) is 2.10. The molecule has 4 atom stereocenters. The summed E-state index contributed by atoms with van der Waals surface area (Å²) in [4.78, 5) is 0. The van der Waals surface area contributed by atoms with E-state index in [0.717, 1.165) is 4.55 Å². The van der Waals surface area contributed by atoms with Gasteiger partial charge in [-0.3, -0.25) is 0 Å². The third kappa shape index (κ3) is 4.85. The lowest BCUT2D eigenvalue weighted by Crippen LogP contribution is -2.49. The van der Waals surface area contributed by atoms with E-state index in [2.05, 4.69) is 27.9 Å². The molecule has 5 nitrogen and oxygen atoms in total. The van der Waals surface area contributed by atoms with Crippen LogP contribution in [0.5, 0.6) is 0 Å². The zero-order chi connectivity index (χ0) is 11.1. The third-order valence-corrected chi connectivity index (χ3v) is 2.68. The lowest BCUT2D eigenvalue weighted by molar-refractivity contribution is -0.0332. The van der Waals surface area contributed by atoms with Crippen LogP contribution >= 0.6 is 22.6 Å². The monoisotopic (exact) mass is 318 g/mol. The maximum atomic E-state index is 9.63. The molecule has 0 heterocycles. The second-order valence-electron chi connectivity index (χ2n) is 3.39. The molecule has 6 heteroatoms. The zero-order valence-electron chi connectivity index (χ0n) is 8.23. The molecule has 0 radical (unpaired) electrons. The van der Waals surface area contributed by atoms with Crippen molar-refractivity contribution < 1.29 is 15.3 Å². The van der Waals surface area contributed by atoms with Crippen LogP contribution in [0.15, 0.2) is 0 Å². The first-order chi connectivity index (χ1) is 6.54. The summed E-state index contributed by atoms with van der Waals surface area (Å²) in [5.74, 6) is -0.0997. The van der Waals surface area contributed by atoms with E-state index in [9.17, 15) is 10.2 Å². The third-order valence-electron chi connectivity index (χ3n) is 2.14. The summed E-state index contributed by atoms with van der Waals surface area (Å²) in [5.41, 5.74) is 5.40. The Morgan fingerprint density at radius 3 is 2.36 bits per heavy atom. The van der Waals surface area contributed by atoms with E-state index in [4.69, 9.17) is 10.8 Å². The van der Waals surface area contributed by atoms with Crippen molar-refractivity contribution in [3.8, 4) is 0 Å². The molecule has 86 valence electrons. The standard InChI is InChI=1S/C8H19IN2O3/c1-5(2-11-4-9)7(13)8(14)6(10)3-12/h5-8,11-14H,2-4,10H2,1H3/t5?,6-,7?,8?/m1/s1. The van der Waals surface area contributed by atoms with Crippen LogP contribution in [0.1, 0.15) is 6.92 Å². The Morgan fingerprint density at radius 2 is 1.93 bits per heavy atom. The van der Waals surface area contributed by atoms with Gasteiger partial charge in [0.15, 0.2) is 0 Å². The number of hydrogen-bond donors (Lipinski definition) is 5. The zero-order valence-corrected chi connectivity index (χ0v) is 10.4. The number of halogens is 1. The quantitative estimate of drug-likeness (QED) is 0.227. The lowest BCUT2D eigenvalue weighted by atomic mass is 9.96. The van der Waals surface area contributed by atoms with Crippen LogP contribution in [0, 0.1) is 5.92 Å². The van der Waals surface area contributed by atoms with Gasteiger partial charge in [0.2, 0.25) is 0 Å². The lowest BCUT2D eigenvalue weighted by Gasteiger charge is -2.27. The Balaban J connectivity index is 3.95. The smallest absolute Gasteiger partial charge is 0.0975 e. The fraction of sp³-hybridized carbons (Fsp3) is 1.00. The molecule has 14 heavy (non-hydrogen) atoms. The highest BCUT2D eigenvalue weighted by atomic mass is 127. The predicted molar refractivity (Wildman–Crippen MR) is 63.1 cm³/mol. The van der Waals surface area contributed by atoms with E-state index in [0.29, 0.717) is 6.54 Å². The van der Waals surface area contributed by atoms with Gasteiger partial charge in [-0.25, -0.2) is 0 Å². The highest BCUT2D eigenvalue weighted by molar-refractivity contribution is 14.1. The molecule has 0 saturated heterocycles. The largest absolute Gasteiger partial charge is 0.395 e. The van der Waals surface area contributed by atoms with E-state index in [1.54, 1.807) is 0 Å². The van der Waals surface area contributed by atoms with Crippen molar-refractivity contribution in [2.75, 3.05) is 17.7 Å². The number of aliphatic hydroxyl groups excluding tert-OH is 3. The minimum Gasteiger partial charge on any atom is -0.395 e. The Kier molecular flexibility index (Phi) is 8.07. The van der Waals surface area contributed by atoms with Crippen molar-refractivity contribution in [2.24, 2.45) is 11.7 Å². The number of alkyl halides is 1. The normalized spacial score (nSPS) is 20.1. The first-order valence-electron chi connectivity index (χ1n) is 4.53. The first-order valence-corrected chi connectivity index (χ1v) is 6.06. The summed E-state index contributed by atoms with van der Waals surface area (Å²) in [7, 11) is 0. The molecule has 0 aliphatic rings. The van der Waals surface area contributed by atoms with E-state index >= 15 is 0 Å². The van der Waals surface area contributed by atoms with Crippen LogP contribution in [-0.2, 0) is 0 Å². The average molecular weight is 318 g/mol.